The number of hydrogen-bond acceptors (Lipinski definition) is 5. The van der Waals surface area contributed by atoms with Gasteiger partial charge in [-0.25, -0.2) is 9.59 Å². The molecular formula is C21H31NO5. The molecule has 1 heterocycles. The molecule has 0 unspecified atom stereocenters. The Morgan fingerprint density at radius 3 is 2.15 bits per heavy atom. The van der Waals surface area contributed by atoms with Crippen molar-refractivity contribution in [3.8, 4) is 5.75 Å². The molecule has 0 spiro atoms. The van der Waals surface area contributed by atoms with Gasteiger partial charge in [0.2, 0.25) is 0 Å². The lowest BCUT2D eigenvalue weighted by molar-refractivity contribution is -0.146. The SMILES string of the molecule is COC(=O)[C@@H]1C[C@@H](C(C)C)[C@@H](c2ccc(OC)cc2)N1C(=O)OC(C)(C)C. The smallest absolute Gasteiger partial charge is 0.411 e. The van der Waals surface area contributed by atoms with Crippen LogP contribution in [0.2, 0.25) is 0 Å². The van der Waals surface area contributed by atoms with Crippen molar-refractivity contribution in [1.82, 2.24) is 4.90 Å². The minimum atomic E-state index is -0.663. The van der Waals surface area contributed by atoms with E-state index in [0.717, 1.165) is 11.3 Å². The van der Waals surface area contributed by atoms with Crippen LogP contribution in [0.25, 0.3) is 0 Å². The van der Waals surface area contributed by atoms with Gasteiger partial charge in [-0.15, -0.1) is 0 Å². The molecule has 6 heteroatoms. The van der Waals surface area contributed by atoms with Crippen LogP contribution in [0.1, 0.15) is 52.6 Å². The van der Waals surface area contributed by atoms with Gasteiger partial charge in [-0.05, 0) is 56.7 Å². The normalized spacial score (nSPS) is 22.7. The Kier molecular flexibility index (Phi) is 6.39. The van der Waals surface area contributed by atoms with Gasteiger partial charge in [0.15, 0.2) is 0 Å². The van der Waals surface area contributed by atoms with Gasteiger partial charge in [-0.3, -0.25) is 4.90 Å². The van der Waals surface area contributed by atoms with Crippen molar-refractivity contribution in [2.75, 3.05) is 14.2 Å². The molecule has 27 heavy (non-hydrogen) atoms. The van der Waals surface area contributed by atoms with Crippen molar-refractivity contribution < 1.29 is 23.8 Å². The van der Waals surface area contributed by atoms with Gasteiger partial charge < -0.3 is 14.2 Å². The molecule has 6 nitrogen and oxygen atoms in total. The Labute approximate surface area is 161 Å². The molecule has 0 aliphatic carbocycles. The molecule has 0 saturated carbocycles. The number of nitrogens with zero attached hydrogens (tertiary/aromatic N) is 1. The van der Waals surface area contributed by atoms with E-state index < -0.39 is 23.7 Å². The average Bonchev–Trinajstić information content (AvgIpc) is 3.00. The second-order valence-electron chi connectivity index (χ2n) is 8.29. The molecule has 1 aliphatic heterocycles. The zero-order valence-electron chi connectivity index (χ0n) is 17.3. The number of carbonyl (C=O) groups excluding carboxylic acids is 2. The predicted octanol–water partition coefficient (Wildman–Crippen LogP) is 4.19. The summed E-state index contributed by atoms with van der Waals surface area (Å²) in [6, 6.07) is 6.68. The monoisotopic (exact) mass is 377 g/mol. The third-order valence-electron chi connectivity index (χ3n) is 4.93. The minimum absolute atomic E-state index is 0.106. The van der Waals surface area contributed by atoms with Crippen LogP contribution in [-0.4, -0.2) is 42.8 Å². The van der Waals surface area contributed by atoms with Gasteiger partial charge in [-0.2, -0.15) is 0 Å². The molecule has 3 atom stereocenters. The Morgan fingerprint density at radius 1 is 1.11 bits per heavy atom. The summed E-state index contributed by atoms with van der Waals surface area (Å²) in [5.74, 6) is 0.709. The molecule has 2 rings (SSSR count). The Bertz CT molecular complexity index is 662. The molecule has 1 aliphatic rings. The van der Waals surface area contributed by atoms with Gasteiger partial charge in [0, 0.05) is 0 Å². The molecule has 0 bridgehead atoms. The molecule has 1 aromatic rings. The van der Waals surface area contributed by atoms with Crippen LogP contribution >= 0.6 is 0 Å². The first-order valence-corrected chi connectivity index (χ1v) is 9.32. The lowest BCUT2D eigenvalue weighted by Gasteiger charge is -2.33. The topological polar surface area (TPSA) is 65.1 Å². The molecule has 0 radical (unpaired) electrons. The van der Waals surface area contributed by atoms with Crippen LogP contribution in [0.5, 0.6) is 5.75 Å². The quantitative estimate of drug-likeness (QED) is 0.736. The maximum atomic E-state index is 13.0. The molecule has 1 amide bonds. The van der Waals surface area contributed by atoms with E-state index in [2.05, 4.69) is 13.8 Å². The van der Waals surface area contributed by atoms with E-state index in [0.29, 0.717) is 6.42 Å². The van der Waals surface area contributed by atoms with Crippen molar-refractivity contribution in [3.05, 3.63) is 29.8 Å². The number of hydrogen-bond donors (Lipinski definition) is 0. The van der Waals surface area contributed by atoms with Gasteiger partial charge in [0.1, 0.15) is 17.4 Å². The summed E-state index contributed by atoms with van der Waals surface area (Å²) >= 11 is 0. The van der Waals surface area contributed by atoms with Gasteiger partial charge >= 0.3 is 12.1 Å². The fourth-order valence-corrected chi connectivity index (χ4v) is 3.65. The van der Waals surface area contributed by atoms with Crippen LogP contribution in [0.15, 0.2) is 24.3 Å². The summed E-state index contributed by atoms with van der Waals surface area (Å²) in [5.41, 5.74) is 0.296. The number of carbonyl (C=O) groups is 2. The molecule has 1 aromatic carbocycles. The summed E-state index contributed by atoms with van der Waals surface area (Å²) < 4.78 is 15.9. The van der Waals surface area contributed by atoms with E-state index in [1.165, 1.54) is 7.11 Å². The highest BCUT2D eigenvalue weighted by atomic mass is 16.6. The third-order valence-corrected chi connectivity index (χ3v) is 4.93. The number of rotatable bonds is 4. The van der Waals surface area contributed by atoms with Crippen LogP contribution in [0.4, 0.5) is 4.79 Å². The van der Waals surface area contributed by atoms with Crippen LogP contribution in [0, 0.1) is 11.8 Å². The zero-order valence-corrected chi connectivity index (χ0v) is 17.3. The summed E-state index contributed by atoms with van der Waals surface area (Å²) in [4.78, 5) is 27.0. The summed E-state index contributed by atoms with van der Waals surface area (Å²) in [5, 5.41) is 0. The summed E-state index contributed by atoms with van der Waals surface area (Å²) in [6.07, 6.45) is 0.0437. The molecule has 0 N–H and O–H groups in total. The van der Waals surface area contributed by atoms with E-state index in [1.807, 2.05) is 45.0 Å². The molecule has 0 aromatic heterocycles. The summed E-state index contributed by atoms with van der Waals surface area (Å²) in [6.45, 7) is 9.66. The Balaban J connectivity index is 2.49. The zero-order chi connectivity index (χ0) is 20.4. The first-order valence-electron chi connectivity index (χ1n) is 9.32. The van der Waals surface area contributed by atoms with Crippen LogP contribution < -0.4 is 4.74 Å². The highest BCUT2D eigenvalue weighted by Gasteiger charge is 2.50. The largest absolute Gasteiger partial charge is 0.497 e. The second kappa shape index (κ2) is 8.19. The number of ether oxygens (including phenoxy) is 3. The molecular weight excluding hydrogens is 346 g/mol. The van der Waals surface area contributed by atoms with E-state index in [9.17, 15) is 9.59 Å². The summed E-state index contributed by atoms with van der Waals surface area (Å²) in [7, 11) is 2.96. The molecule has 1 saturated heterocycles. The number of benzene rings is 1. The maximum Gasteiger partial charge on any atom is 0.411 e. The first kappa shape index (κ1) is 21.1. The molecule has 1 fully saturated rings. The average molecular weight is 377 g/mol. The van der Waals surface area contributed by atoms with Gasteiger partial charge in [0.05, 0.1) is 20.3 Å². The van der Waals surface area contributed by atoms with Crippen LogP contribution in [0.3, 0.4) is 0 Å². The van der Waals surface area contributed by atoms with Gasteiger partial charge in [0.25, 0.3) is 0 Å². The molecule has 150 valence electrons. The number of methoxy groups -OCH3 is 2. The van der Waals surface area contributed by atoms with E-state index >= 15 is 0 Å². The third kappa shape index (κ3) is 4.73. The fraction of sp³-hybridized carbons (Fsp3) is 0.619. The Morgan fingerprint density at radius 2 is 1.70 bits per heavy atom. The van der Waals surface area contributed by atoms with E-state index in [-0.39, 0.29) is 17.9 Å². The highest BCUT2D eigenvalue weighted by molar-refractivity contribution is 5.82. The van der Waals surface area contributed by atoms with Crippen molar-refractivity contribution >= 4 is 12.1 Å². The van der Waals surface area contributed by atoms with Crippen molar-refractivity contribution in [2.45, 2.75) is 58.7 Å². The number of amides is 1. The predicted molar refractivity (Wildman–Crippen MR) is 103 cm³/mol. The standard InChI is InChI=1S/C21H31NO5/c1-13(2)16-12-17(19(23)26-7)22(20(24)27-21(3,4)5)18(16)14-8-10-15(25-6)11-9-14/h8-11,13,16-18H,12H2,1-7H3/t16-,17-,18+/m0/s1. The van der Waals surface area contributed by atoms with Crippen molar-refractivity contribution in [3.63, 3.8) is 0 Å². The maximum absolute atomic E-state index is 13.0. The number of likely N-dealkylation sites (tertiary alicyclic amines) is 1. The minimum Gasteiger partial charge on any atom is -0.497 e. The van der Waals surface area contributed by atoms with E-state index in [1.54, 1.807) is 12.0 Å². The van der Waals surface area contributed by atoms with Crippen molar-refractivity contribution in [2.24, 2.45) is 11.8 Å². The Hall–Kier alpha value is -2.24. The number of esters is 1. The van der Waals surface area contributed by atoms with Crippen molar-refractivity contribution in [1.29, 1.82) is 0 Å². The fourth-order valence-electron chi connectivity index (χ4n) is 3.65. The van der Waals surface area contributed by atoms with Gasteiger partial charge in [-0.1, -0.05) is 26.0 Å². The lowest BCUT2D eigenvalue weighted by Crippen LogP contribution is -2.45. The van der Waals surface area contributed by atoms with Crippen LogP contribution in [-0.2, 0) is 14.3 Å². The second-order valence-corrected chi connectivity index (χ2v) is 8.29. The lowest BCUT2D eigenvalue weighted by atomic mass is 9.84. The first-order chi connectivity index (χ1) is 12.6. The highest BCUT2D eigenvalue weighted by Crippen LogP contribution is 2.46. The van der Waals surface area contributed by atoms with E-state index in [4.69, 9.17) is 14.2 Å².